The molecule has 1 aliphatic carbocycles. The smallest absolute Gasteiger partial charge is 0.267 e. The molecule has 2 atom stereocenters. The first-order chi connectivity index (χ1) is 19.0. The highest BCUT2D eigenvalue weighted by Gasteiger charge is 2.41. The zero-order valence-electron chi connectivity index (χ0n) is 22.3. The summed E-state index contributed by atoms with van der Waals surface area (Å²) < 4.78 is 3.43. The molecule has 0 bridgehead atoms. The Kier molecular flexibility index (Phi) is 7.50. The van der Waals surface area contributed by atoms with Gasteiger partial charge in [0.25, 0.3) is 5.91 Å². The van der Waals surface area contributed by atoms with E-state index in [2.05, 4.69) is 89.0 Å². The fourth-order valence-corrected chi connectivity index (χ4v) is 7.19. The van der Waals surface area contributed by atoms with Crippen LogP contribution in [0.2, 0.25) is 0 Å². The minimum absolute atomic E-state index is 0.0811. The molecule has 0 N–H and O–H groups in total. The molecule has 0 spiro atoms. The third-order valence-electron chi connectivity index (χ3n) is 8.02. The van der Waals surface area contributed by atoms with E-state index < -0.39 is 0 Å². The van der Waals surface area contributed by atoms with E-state index in [1.165, 1.54) is 34.6 Å². The number of benzene rings is 3. The van der Waals surface area contributed by atoms with E-state index in [1.54, 1.807) is 0 Å². The van der Waals surface area contributed by atoms with Crippen LogP contribution in [0.15, 0.2) is 93.2 Å². The molecule has 2 heterocycles. The first kappa shape index (κ1) is 26.1. The van der Waals surface area contributed by atoms with E-state index in [4.69, 9.17) is 4.99 Å². The number of rotatable bonds is 5. The maximum absolute atomic E-state index is 14.1. The van der Waals surface area contributed by atoms with Crippen LogP contribution in [0, 0.1) is 12.8 Å². The molecule has 4 nitrogen and oxygen atoms in total. The van der Waals surface area contributed by atoms with E-state index in [0.29, 0.717) is 5.92 Å². The van der Waals surface area contributed by atoms with Gasteiger partial charge in [-0.25, -0.2) is 4.99 Å². The number of hydrogen-bond donors (Lipinski definition) is 0. The fraction of sp³-hybridized carbons (Fsp3) is 0.273. The number of halogens is 1. The lowest BCUT2D eigenvalue weighted by Gasteiger charge is -2.35. The van der Waals surface area contributed by atoms with Crippen molar-refractivity contribution in [1.82, 2.24) is 9.47 Å². The summed E-state index contributed by atoms with van der Waals surface area (Å²) in [6.45, 7) is 5.22. The molecule has 4 aromatic rings. The van der Waals surface area contributed by atoms with Gasteiger partial charge in [0, 0.05) is 39.2 Å². The number of para-hydroxylation sites is 2. The zero-order valence-corrected chi connectivity index (χ0v) is 24.7. The Bertz CT molecular complexity index is 1570. The van der Waals surface area contributed by atoms with E-state index >= 15 is 0 Å². The molecule has 1 saturated heterocycles. The number of carbonyl (C=O) groups excluding carboxylic acids is 1. The normalized spacial score (nSPS) is 21.9. The Labute approximate surface area is 242 Å². The van der Waals surface area contributed by atoms with Crippen LogP contribution < -0.4 is 0 Å². The van der Waals surface area contributed by atoms with Crippen LogP contribution in [0.4, 0.5) is 5.69 Å². The van der Waals surface area contributed by atoms with Gasteiger partial charge in [-0.3, -0.25) is 9.69 Å². The van der Waals surface area contributed by atoms with E-state index in [1.807, 2.05) is 35.2 Å². The topological polar surface area (TPSA) is 37.6 Å². The molecule has 198 valence electrons. The van der Waals surface area contributed by atoms with Gasteiger partial charge in [0.2, 0.25) is 0 Å². The number of nitrogens with zero attached hydrogens (tertiary/aromatic N) is 3. The molecule has 2 aliphatic rings. The van der Waals surface area contributed by atoms with Crippen molar-refractivity contribution in [2.75, 3.05) is 0 Å². The van der Waals surface area contributed by atoms with Crippen LogP contribution in [0.25, 0.3) is 17.0 Å². The van der Waals surface area contributed by atoms with Gasteiger partial charge in [0.05, 0.1) is 10.6 Å². The summed E-state index contributed by atoms with van der Waals surface area (Å²) in [5, 5.41) is 1.96. The average molecular weight is 599 g/mol. The maximum atomic E-state index is 14.1. The second kappa shape index (κ2) is 11.2. The summed E-state index contributed by atoms with van der Waals surface area (Å²) in [7, 11) is 0. The van der Waals surface area contributed by atoms with Gasteiger partial charge in [0.1, 0.15) is 0 Å². The predicted molar refractivity (Wildman–Crippen MR) is 167 cm³/mol. The fourth-order valence-electron chi connectivity index (χ4n) is 5.90. The standard InChI is InChI=1S/C33H32BrN3OS/c1-22-10-6-8-14-29(22)37-32(38)31(39-33(37)35-26-11-4-3-5-12-26)20-28-23(2)36(30-15-9-7-13-27(28)30)21-24-16-18-25(34)19-17-24/h3-5,7,9,11-13,15-20,22,29H,6,8,10,14,21H2,1-2H3/b31-20-,35-33?/t22-,29+/m0/s1. The minimum atomic E-state index is 0.0811. The predicted octanol–water partition coefficient (Wildman–Crippen LogP) is 8.94. The number of amidine groups is 1. The third kappa shape index (κ3) is 5.24. The lowest BCUT2D eigenvalue weighted by Crippen LogP contribution is -2.44. The van der Waals surface area contributed by atoms with Crippen molar-refractivity contribution in [2.45, 2.75) is 52.1 Å². The summed E-state index contributed by atoms with van der Waals surface area (Å²) in [5.74, 6) is 0.538. The SMILES string of the molecule is Cc1c(/C=C2\SC(=Nc3ccccc3)N([C@@H]3CCCC[C@@H]3C)C2=O)c2ccccc2n1Cc1ccc(Br)cc1. The van der Waals surface area contributed by atoms with Crippen molar-refractivity contribution in [1.29, 1.82) is 0 Å². The van der Waals surface area contributed by atoms with Gasteiger partial charge in [-0.15, -0.1) is 0 Å². The van der Waals surface area contributed by atoms with Gasteiger partial charge >= 0.3 is 0 Å². The van der Waals surface area contributed by atoms with Gasteiger partial charge < -0.3 is 4.57 Å². The molecule has 6 heteroatoms. The monoisotopic (exact) mass is 597 g/mol. The quantitative estimate of drug-likeness (QED) is 0.215. The summed E-state index contributed by atoms with van der Waals surface area (Å²) in [6.07, 6.45) is 6.68. The highest BCUT2D eigenvalue weighted by Crippen LogP contribution is 2.41. The van der Waals surface area contributed by atoms with Gasteiger partial charge in [0.15, 0.2) is 5.17 Å². The number of carbonyl (C=O) groups is 1. The first-order valence-electron chi connectivity index (χ1n) is 13.7. The van der Waals surface area contributed by atoms with Crippen molar-refractivity contribution in [3.05, 3.63) is 105 Å². The summed E-state index contributed by atoms with van der Waals surface area (Å²) in [4.78, 5) is 21.8. The van der Waals surface area contributed by atoms with Crippen LogP contribution >= 0.6 is 27.7 Å². The second-order valence-electron chi connectivity index (χ2n) is 10.6. The summed E-state index contributed by atoms with van der Waals surface area (Å²) >= 11 is 5.06. The summed E-state index contributed by atoms with van der Waals surface area (Å²) in [6, 6.07) is 27.2. The molecule has 39 heavy (non-hydrogen) atoms. The van der Waals surface area contributed by atoms with Crippen molar-refractivity contribution >= 4 is 61.4 Å². The molecule has 6 rings (SSSR count). The van der Waals surface area contributed by atoms with E-state index in [-0.39, 0.29) is 11.9 Å². The molecule has 1 amide bonds. The average Bonchev–Trinajstić information content (AvgIpc) is 3.39. The molecule has 1 aromatic heterocycles. The number of thioether (sulfide) groups is 1. The number of aliphatic imine (C=N–C) groups is 1. The lowest BCUT2D eigenvalue weighted by molar-refractivity contribution is -0.124. The number of fused-ring (bicyclic) bond motifs is 1. The number of amides is 1. The molecule has 0 unspecified atom stereocenters. The maximum Gasteiger partial charge on any atom is 0.267 e. The Balaban J connectivity index is 1.42. The van der Waals surface area contributed by atoms with Gasteiger partial charge in [-0.2, -0.15) is 0 Å². The van der Waals surface area contributed by atoms with Crippen LogP contribution in [-0.4, -0.2) is 26.6 Å². The second-order valence-corrected chi connectivity index (χ2v) is 12.5. The Hall–Kier alpha value is -3.09. The molecular weight excluding hydrogens is 566 g/mol. The van der Waals surface area contributed by atoms with Crippen LogP contribution in [0.5, 0.6) is 0 Å². The zero-order chi connectivity index (χ0) is 26.9. The highest BCUT2D eigenvalue weighted by molar-refractivity contribution is 9.10. The van der Waals surface area contributed by atoms with Crippen molar-refractivity contribution in [3.63, 3.8) is 0 Å². The van der Waals surface area contributed by atoms with Crippen molar-refractivity contribution < 1.29 is 4.79 Å². The van der Waals surface area contributed by atoms with Crippen molar-refractivity contribution in [2.24, 2.45) is 10.9 Å². The summed E-state index contributed by atoms with van der Waals surface area (Å²) in [5.41, 5.74) is 5.56. The Morgan fingerprint density at radius 3 is 2.46 bits per heavy atom. The molecule has 1 saturated carbocycles. The van der Waals surface area contributed by atoms with Crippen LogP contribution in [-0.2, 0) is 11.3 Å². The Morgan fingerprint density at radius 1 is 0.974 bits per heavy atom. The Morgan fingerprint density at radius 2 is 1.69 bits per heavy atom. The highest BCUT2D eigenvalue weighted by atomic mass is 79.9. The van der Waals surface area contributed by atoms with Crippen molar-refractivity contribution in [3.8, 4) is 0 Å². The van der Waals surface area contributed by atoms with Gasteiger partial charge in [-0.05, 0) is 79.4 Å². The van der Waals surface area contributed by atoms with Gasteiger partial charge in [-0.1, -0.05) is 84.2 Å². The van der Waals surface area contributed by atoms with E-state index in [9.17, 15) is 4.79 Å². The molecule has 2 fully saturated rings. The molecule has 3 aromatic carbocycles. The van der Waals surface area contributed by atoms with E-state index in [0.717, 1.165) is 57.3 Å². The third-order valence-corrected chi connectivity index (χ3v) is 9.54. The molecule has 0 radical (unpaired) electrons. The van der Waals surface area contributed by atoms with Crippen LogP contribution in [0.1, 0.15) is 49.4 Å². The first-order valence-corrected chi connectivity index (χ1v) is 15.3. The minimum Gasteiger partial charge on any atom is -0.340 e. The lowest BCUT2D eigenvalue weighted by atomic mass is 9.85. The largest absolute Gasteiger partial charge is 0.340 e. The van der Waals surface area contributed by atoms with Crippen LogP contribution in [0.3, 0.4) is 0 Å². The number of aromatic nitrogens is 1. The molecule has 1 aliphatic heterocycles. The molecular formula is C33H32BrN3OS. The number of hydrogen-bond acceptors (Lipinski definition) is 3.